The fourth-order valence-electron chi connectivity index (χ4n) is 1.92. The minimum absolute atomic E-state index is 0.0764. The molecule has 116 valence electrons. The maximum absolute atomic E-state index is 12.1. The second kappa shape index (κ2) is 6.38. The smallest absolute Gasteiger partial charge is 0.326 e. The lowest BCUT2D eigenvalue weighted by Crippen LogP contribution is -2.44. The number of aryl methyl sites for hydroxylation is 1. The van der Waals surface area contributed by atoms with Crippen LogP contribution in [0.1, 0.15) is 29.9 Å². The van der Waals surface area contributed by atoms with Crippen molar-refractivity contribution in [3.05, 3.63) is 41.7 Å². The summed E-state index contributed by atoms with van der Waals surface area (Å²) in [4.78, 5) is 23.2. The highest BCUT2D eigenvalue weighted by atomic mass is 16.4. The summed E-state index contributed by atoms with van der Waals surface area (Å²) in [5.41, 5.74) is 1.96. The van der Waals surface area contributed by atoms with Crippen molar-refractivity contribution >= 4 is 11.9 Å². The molecule has 0 spiro atoms. The van der Waals surface area contributed by atoms with Gasteiger partial charge in [-0.05, 0) is 25.0 Å². The Morgan fingerprint density at radius 3 is 2.41 bits per heavy atom. The first kappa shape index (κ1) is 15.7. The number of carboxylic acid groups (broad SMARTS) is 1. The van der Waals surface area contributed by atoms with Crippen molar-refractivity contribution in [3.63, 3.8) is 0 Å². The number of carboxylic acids is 1. The van der Waals surface area contributed by atoms with Gasteiger partial charge in [0.1, 0.15) is 6.04 Å². The molecule has 0 fully saturated rings. The molecule has 2 N–H and O–H groups in total. The number of aromatic nitrogens is 3. The van der Waals surface area contributed by atoms with E-state index in [2.05, 4.69) is 15.6 Å². The minimum Gasteiger partial charge on any atom is -0.480 e. The number of nitrogens with zero attached hydrogens (tertiary/aromatic N) is 3. The summed E-state index contributed by atoms with van der Waals surface area (Å²) in [6.45, 7) is 5.42. The van der Waals surface area contributed by atoms with Gasteiger partial charge in [0.15, 0.2) is 5.69 Å². The third-order valence-corrected chi connectivity index (χ3v) is 3.24. The Morgan fingerprint density at radius 2 is 1.86 bits per heavy atom. The maximum atomic E-state index is 12.1. The molecular formula is C15H18N4O3. The summed E-state index contributed by atoms with van der Waals surface area (Å²) in [5, 5.41) is 19.2. The first-order valence-corrected chi connectivity index (χ1v) is 6.91. The summed E-state index contributed by atoms with van der Waals surface area (Å²) in [5.74, 6) is -1.86. The molecule has 7 heteroatoms. The van der Waals surface area contributed by atoms with Crippen LogP contribution in [0.25, 0.3) is 5.69 Å². The predicted octanol–water partition coefficient (Wildman–Crippen LogP) is 1.41. The van der Waals surface area contributed by atoms with Crippen LogP contribution in [0.2, 0.25) is 0 Å². The lowest BCUT2D eigenvalue weighted by Gasteiger charge is -2.16. The van der Waals surface area contributed by atoms with E-state index in [-0.39, 0.29) is 11.6 Å². The van der Waals surface area contributed by atoms with Gasteiger partial charge in [-0.1, -0.05) is 36.8 Å². The Kier molecular flexibility index (Phi) is 4.55. The summed E-state index contributed by atoms with van der Waals surface area (Å²) < 4.78 is 1.47. The highest BCUT2D eigenvalue weighted by Gasteiger charge is 2.25. The zero-order valence-corrected chi connectivity index (χ0v) is 12.6. The molecule has 0 aliphatic carbocycles. The zero-order valence-electron chi connectivity index (χ0n) is 12.6. The molecule has 0 aliphatic rings. The number of carbonyl (C=O) groups excluding carboxylic acids is 1. The van der Waals surface area contributed by atoms with Gasteiger partial charge in [0, 0.05) is 0 Å². The molecule has 1 aromatic heterocycles. The fourth-order valence-corrected chi connectivity index (χ4v) is 1.92. The molecule has 1 aromatic carbocycles. The van der Waals surface area contributed by atoms with Crippen LogP contribution in [-0.4, -0.2) is 38.0 Å². The molecule has 0 radical (unpaired) electrons. The van der Waals surface area contributed by atoms with Crippen LogP contribution in [-0.2, 0) is 4.79 Å². The van der Waals surface area contributed by atoms with Crippen molar-refractivity contribution in [2.24, 2.45) is 5.92 Å². The first-order chi connectivity index (χ1) is 10.4. The maximum Gasteiger partial charge on any atom is 0.326 e. The molecule has 0 bridgehead atoms. The Balaban J connectivity index is 2.15. The van der Waals surface area contributed by atoms with Gasteiger partial charge in [0.2, 0.25) is 0 Å². The largest absolute Gasteiger partial charge is 0.480 e. The van der Waals surface area contributed by atoms with Gasteiger partial charge in [0.25, 0.3) is 5.91 Å². The van der Waals surface area contributed by atoms with Crippen LogP contribution in [0.15, 0.2) is 30.5 Å². The number of carbonyl (C=O) groups is 2. The van der Waals surface area contributed by atoms with Gasteiger partial charge >= 0.3 is 5.97 Å². The fraction of sp³-hybridized carbons (Fsp3) is 0.333. The zero-order chi connectivity index (χ0) is 16.3. The van der Waals surface area contributed by atoms with Crippen LogP contribution >= 0.6 is 0 Å². The van der Waals surface area contributed by atoms with E-state index in [1.54, 1.807) is 13.8 Å². The van der Waals surface area contributed by atoms with Gasteiger partial charge in [-0.25, -0.2) is 9.48 Å². The van der Waals surface area contributed by atoms with E-state index in [1.165, 1.54) is 10.9 Å². The summed E-state index contributed by atoms with van der Waals surface area (Å²) in [6.07, 6.45) is 1.47. The molecule has 1 atom stereocenters. The Labute approximate surface area is 128 Å². The lowest BCUT2D eigenvalue weighted by molar-refractivity contribution is -0.140. The van der Waals surface area contributed by atoms with Gasteiger partial charge in [-0.2, -0.15) is 0 Å². The predicted molar refractivity (Wildman–Crippen MR) is 79.8 cm³/mol. The van der Waals surface area contributed by atoms with Gasteiger partial charge in [-0.15, -0.1) is 5.10 Å². The van der Waals surface area contributed by atoms with Crippen molar-refractivity contribution in [2.75, 3.05) is 0 Å². The molecule has 7 nitrogen and oxygen atoms in total. The number of rotatable bonds is 5. The quantitative estimate of drug-likeness (QED) is 0.870. The molecule has 1 heterocycles. The number of aliphatic carboxylic acids is 1. The van der Waals surface area contributed by atoms with Gasteiger partial charge in [0.05, 0.1) is 11.9 Å². The lowest BCUT2D eigenvalue weighted by atomic mass is 10.0. The molecule has 0 saturated heterocycles. The Hall–Kier alpha value is -2.70. The van der Waals surface area contributed by atoms with E-state index >= 15 is 0 Å². The molecule has 0 aliphatic heterocycles. The van der Waals surface area contributed by atoms with Crippen LogP contribution in [0.4, 0.5) is 0 Å². The van der Waals surface area contributed by atoms with Gasteiger partial charge < -0.3 is 10.4 Å². The molecule has 2 rings (SSSR count). The SMILES string of the molecule is Cc1ccc(-n2cc(C(=O)N[C@H](C(=O)O)C(C)C)nn2)cc1. The molecule has 0 saturated carbocycles. The summed E-state index contributed by atoms with van der Waals surface area (Å²) >= 11 is 0. The highest BCUT2D eigenvalue weighted by Crippen LogP contribution is 2.09. The van der Waals surface area contributed by atoms with Crippen molar-refractivity contribution in [2.45, 2.75) is 26.8 Å². The molecule has 22 heavy (non-hydrogen) atoms. The summed E-state index contributed by atoms with van der Waals surface area (Å²) in [7, 11) is 0. The van der Waals surface area contributed by atoms with Crippen molar-refractivity contribution in [1.82, 2.24) is 20.3 Å². The first-order valence-electron chi connectivity index (χ1n) is 6.91. The average molecular weight is 302 g/mol. The van der Waals surface area contributed by atoms with Crippen molar-refractivity contribution in [3.8, 4) is 5.69 Å². The second-order valence-corrected chi connectivity index (χ2v) is 5.42. The van der Waals surface area contributed by atoms with Crippen LogP contribution in [0, 0.1) is 12.8 Å². The standard InChI is InChI=1S/C15H18N4O3/c1-9(2)13(15(21)22)16-14(20)12-8-19(18-17-12)11-6-4-10(3)5-7-11/h4-9,13H,1-3H3,(H,16,20)(H,21,22)/t13-/m0/s1. The number of nitrogens with one attached hydrogen (secondary N) is 1. The minimum atomic E-state index is -1.07. The second-order valence-electron chi connectivity index (χ2n) is 5.42. The van der Waals surface area contributed by atoms with Crippen molar-refractivity contribution < 1.29 is 14.7 Å². The molecule has 0 unspecified atom stereocenters. The number of hydrogen-bond donors (Lipinski definition) is 2. The average Bonchev–Trinajstić information content (AvgIpc) is 2.94. The number of benzene rings is 1. The molecular weight excluding hydrogens is 284 g/mol. The van der Waals surface area contributed by atoms with E-state index in [0.29, 0.717) is 0 Å². The molecule has 2 aromatic rings. The number of hydrogen-bond acceptors (Lipinski definition) is 4. The Morgan fingerprint density at radius 1 is 1.23 bits per heavy atom. The van der Waals surface area contributed by atoms with Crippen LogP contribution in [0.3, 0.4) is 0 Å². The van der Waals surface area contributed by atoms with E-state index < -0.39 is 17.9 Å². The third kappa shape index (κ3) is 3.49. The van der Waals surface area contributed by atoms with E-state index in [1.807, 2.05) is 31.2 Å². The monoisotopic (exact) mass is 302 g/mol. The van der Waals surface area contributed by atoms with E-state index in [9.17, 15) is 9.59 Å². The Bertz CT molecular complexity index is 676. The summed E-state index contributed by atoms with van der Waals surface area (Å²) in [6, 6.07) is 6.61. The number of amides is 1. The van der Waals surface area contributed by atoms with Gasteiger partial charge in [-0.3, -0.25) is 4.79 Å². The van der Waals surface area contributed by atoms with Crippen LogP contribution < -0.4 is 5.32 Å². The van der Waals surface area contributed by atoms with E-state index in [0.717, 1.165) is 11.3 Å². The normalized spacial score (nSPS) is 12.2. The van der Waals surface area contributed by atoms with Crippen molar-refractivity contribution in [1.29, 1.82) is 0 Å². The van der Waals surface area contributed by atoms with Crippen LogP contribution in [0.5, 0.6) is 0 Å². The highest BCUT2D eigenvalue weighted by molar-refractivity contribution is 5.94. The third-order valence-electron chi connectivity index (χ3n) is 3.24. The topological polar surface area (TPSA) is 97.1 Å². The van der Waals surface area contributed by atoms with E-state index in [4.69, 9.17) is 5.11 Å². The molecule has 1 amide bonds.